The maximum absolute atomic E-state index is 12.0. The second-order valence-corrected chi connectivity index (χ2v) is 8.22. The van der Waals surface area contributed by atoms with Gasteiger partial charge in [-0.15, -0.1) is 0 Å². The highest BCUT2D eigenvalue weighted by Gasteiger charge is 2.25. The minimum atomic E-state index is 0.183. The molecule has 0 unspecified atom stereocenters. The smallest absolute Gasteiger partial charge is 0.223 e. The van der Waals surface area contributed by atoms with E-state index in [0.717, 1.165) is 50.5 Å². The number of nitrogens with zero attached hydrogens (tertiary/aromatic N) is 3. The number of ether oxygens (including phenoxy) is 1. The molecule has 2 aromatic rings. The van der Waals surface area contributed by atoms with E-state index in [9.17, 15) is 4.79 Å². The van der Waals surface area contributed by atoms with Crippen LogP contribution in [0, 0.1) is 5.92 Å². The summed E-state index contributed by atoms with van der Waals surface area (Å²) in [6, 6.07) is 10.5. The molecule has 1 N–H and O–H groups in total. The normalized spacial score (nSPS) is 17.2. The van der Waals surface area contributed by atoms with Gasteiger partial charge in [0.05, 0.1) is 30.6 Å². The first-order valence-electron chi connectivity index (χ1n) is 10.4. The lowest BCUT2D eigenvalue weighted by Crippen LogP contribution is -2.34. The summed E-state index contributed by atoms with van der Waals surface area (Å²) >= 11 is 0. The average Bonchev–Trinajstić information content (AvgIpc) is 3.00. The SMILES string of the molecule is CC(C)Oc1cccc(CN2CCn3nc(CNC(=O)C4CCC4)cc3C2)c1. The minimum Gasteiger partial charge on any atom is -0.491 e. The molecule has 1 aromatic carbocycles. The fourth-order valence-electron chi connectivity index (χ4n) is 3.84. The molecule has 2 heterocycles. The second kappa shape index (κ2) is 8.35. The maximum atomic E-state index is 12.0. The van der Waals surface area contributed by atoms with Crippen LogP contribution in [0.2, 0.25) is 0 Å². The highest BCUT2D eigenvalue weighted by molar-refractivity contribution is 5.79. The zero-order chi connectivity index (χ0) is 19.5. The Balaban J connectivity index is 1.33. The van der Waals surface area contributed by atoms with E-state index in [1.807, 2.05) is 19.9 Å². The number of rotatable bonds is 7. The van der Waals surface area contributed by atoms with Crippen LogP contribution in [0.5, 0.6) is 5.75 Å². The number of hydrogen-bond donors (Lipinski definition) is 1. The molecule has 0 saturated heterocycles. The predicted molar refractivity (Wildman–Crippen MR) is 108 cm³/mol. The van der Waals surface area contributed by atoms with Gasteiger partial charge in [-0.1, -0.05) is 18.6 Å². The van der Waals surface area contributed by atoms with Gasteiger partial charge < -0.3 is 10.1 Å². The number of nitrogens with one attached hydrogen (secondary N) is 1. The Morgan fingerprint density at radius 1 is 1.29 bits per heavy atom. The Kier molecular flexibility index (Phi) is 5.67. The first kappa shape index (κ1) is 19.0. The molecule has 150 valence electrons. The van der Waals surface area contributed by atoms with Crippen LogP contribution in [-0.4, -0.2) is 33.2 Å². The fourth-order valence-corrected chi connectivity index (χ4v) is 3.84. The number of fused-ring (bicyclic) bond motifs is 1. The highest BCUT2D eigenvalue weighted by atomic mass is 16.5. The summed E-state index contributed by atoms with van der Waals surface area (Å²) < 4.78 is 7.89. The Bertz CT molecular complexity index is 826. The van der Waals surface area contributed by atoms with Crippen molar-refractivity contribution in [3.8, 4) is 5.75 Å². The van der Waals surface area contributed by atoms with Crippen LogP contribution in [-0.2, 0) is 31.0 Å². The maximum Gasteiger partial charge on any atom is 0.223 e. The van der Waals surface area contributed by atoms with Crippen molar-refractivity contribution < 1.29 is 9.53 Å². The van der Waals surface area contributed by atoms with E-state index in [-0.39, 0.29) is 17.9 Å². The molecule has 1 aromatic heterocycles. The number of benzene rings is 1. The molecule has 0 bridgehead atoms. The van der Waals surface area contributed by atoms with Gasteiger partial charge in [0.2, 0.25) is 5.91 Å². The molecule has 6 heteroatoms. The van der Waals surface area contributed by atoms with Gasteiger partial charge in [0.15, 0.2) is 0 Å². The van der Waals surface area contributed by atoms with Crippen molar-refractivity contribution in [2.24, 2.45) is 5.92 Å². The summed E-state index contributed by atoms with van der Waals surface area (Å²) in [4.78, 5) is 14.5. The summed E-state index contributed by atoms with van der Waals surface area (Å²) in [6.45, 7) is 8.25. The molecule has 1 aliphatic carbocycles. The molecular formula is C22H30N4O2. The van der Waals surface area contributed by atoms with Crippen molar-refractivity contribution in [1.82, 2.24) is 20.0 Å². The minimum absolute atomic E-state index is 0.183. The monoisotopic (exact) mass is 382 g/mol. The van der Waals surface area contributed by atoms with Crippen LogP contribution in [0.3, 0.4) is 0 Å². The van der Waals surface area contributed by atoms with E-state index in [1.165, 1.54) is 17.7 Å². The summed E-state index contributed by atoms with van der Waals surface area (Å²) in [7, 11) is 0. The Morgan fingerprint density at radius 2 is 2.14 bits per heavy atom. The molecule has 0 spiro atoms. The van der Waals surface area contributed by atoms with Crippen LogP contribution >= 0.6 is 0 Å². The van der Waals surface area contributed by atoms with Gasteiger partial charge in [-0.2, -0.15) is 5.10 Å². The van der Waals surface area contributed by atoms with Gasteiger partial charge >= 0.3 is 0 Å². The molecular weight excluding hydrogens is 352 g/mol. The second-order valence-electron chi connectivity index (χ2n) is 8.22. The first-order chi connectivity index (χ1) is 13.6. The van der Waals surface area contributed by atoms with Gasteiger partial charge in [-0.3, -0.25) is 14.4 Å². The standard InChI is InChI=1S/C22H30N4O2/c1-16(2)28-21-8-3-5-17(11-21)14-25-9-10-26-20(15-25)12-19(24-26)13-23-22(27)18-6-4-7-18/h3,5,8,11-12,16,18H,4,6-7,9-10,13-15H2,1-2H3,(H,23,27). The van der Waals surface area contributed by atoms with E-state index in [4.69, 9.17) is 4.74 Å². The molecule has 0 radical (unpaired) electrons. The predicted octanol–water partition coefficient (Wildman–Crippen LogP) is 3.10. The number of aromatic nitrogens is 2. The van der Waals surface area contributed by atoms with Gasteiger partial charge in [0.1, 0.15) is 5.75 Å². The Hall–Kier alpha value is -2.34. The lowest BCUT2D eigenvalue weighted by Gasteiger charge is -2.27. The summed E-state index contributed by atoms with van der Waals surface area (Å²) in [5.41, 5.74) is 3.43. The van der Waals surface area contributed by atoms with Crippen molar-refractivity contribution in [2.45, 2.75) is 65.4 Å². The molecule has 2 aliphatic rings. The van der Waals surface area contributed by atoms with Crippen LogP contribution in [0.25, 0.3) is 0 Å². The lowest BCUT2D eigenvalue weighted by molar-refractivity contribution is -0.127. The Labute approximate surface area is 166 Å². The summed E-state index contributed by atoms with van der Waals surface area (Å²) in [5, 5.41) is 7.71. The molecule has 0 atom stereocenters. The third-order valence-corrected chi connectivity index (χ3v) is 5.52. The van der Waals surface area contributed by atoms with Crippen molar-refractivity contribution in [1.29, 1.82) is 0 Å². The van der Waals surface area contributed by atoms with Gasteiger partial charge in [0, 0.05) is 25.6 Å². The first-order valence-corrected chi connectivity index (χ1v) is 10.4. The van der Waals surface area contributed by atoms with E-state index in [1.54, 1.807) is 0 Å². The van der Waals surface area contributed by atoms with E-state index in [2.05, 4.69) is 44.3 Å². The van der Waals surface area contributed by atoms with Gasteiger partial charge in [0.25, 0.3) is 0 Å². The molecule has 1 saturated carbocycles. The zero-order valence-electron chi connectivity index (χ0n) is 16.9. The van der Waals surface area contributed by atoms with Crippen molar-refractivity contribution >= 4 is 5.91 Å². The van der Waals surface area contributed by atoms with E-state index in [0.29, 0.717) is 6.54 Å². The van der Waals surface area contributed by atoms with Gasteiger partial charge in [-0.25, -0.2) is 0 Å². The fraction of sp³-hybridized carbons (Fsp3) is 0.545. The van der Waals surface area contributed by atoms with Crippen LogP contribution in [0.15, 0.2) is 30.3 Å². The number of carbonyl (C=O) groups is 1. The highest BCUT2D eigenvalue weighted by Crippen LogP contribution is 2.26. The van der Waals surface area contributed by atoms with Crippen LogP contribution < -0.4 is 10.1 Å². The summed E-state index contributed by atoms with van der Waals surface area (Å²) in [6.07, 6.45) is 3.43. The molecule has 1 aliphatic heterocycles. The Morgan fingerprint density at radius 3 is 2.89 bits per heavy atom. The van der Waals surface area contributed by atoms with Crippen molar-refractivity contribution in [3.05, 3.63) is 47.3 Å². The zero-order valence-corrected chi connectivity index (χ0v) is 16.9. The lowest BCUT2D eigenvalue weighted by atomic mass is 9.85. The van der Waals surface area contributed by atoms with Crippen LogP contribution in [0.4, 0.5) is 0 Å². The number of carbonyl (C=O) groups excluding carboxylic acids is 1. The molecule has 4 rings (SSSR count). The molecule has 1 fully saturated rings. The number of hydrogen-bond acceptors (Lipinski definition) is 4. The number of amides is 1. The van der Waals surface area contributed by atoms with E-state index < -0.39 is 0 Å². The average molecular weight is 383 g/mol. The topological polar surface area (TPSA) is 59.4 Å². The molecule has 6 nitrogen and oxygen atoms in total. The molecule has 1 amide bonds. The quantitative estimate of drug-likeness (QED) is 0.799. The largest absolute Gasteiger partial charge is 0.491 e. The van der Waals surface area contributed by atoms with Crippen molar-refractivity contribution in [3.63, 3.8) is 0 Å². The molecule has 28 heavy (non-hydrogen) atoms. The van der Waals surface area contributed by atoms with Gasteiger partial charge in [-0.05, 0) is 50.5 Å². The van der Waals surface area contributed by atoms with Crippen LogP contribution in [0.1, 0.15) is 50.1 Å². The van der Waals surface area contributed by atoms with Crippen molar-refractivity contribution in [2.75, 3.05) is 6.54 Å². The van der Waals surface area contributed by atoms with E-state index >= 15 is 0 Å². The third-order valence-electron chi connectivity index (χ3n) is 5.52. The summed E-state index contributed by atoms with van der Waals surface area (Å²) in [5.74, 6) is 1.34. The third kappa shape index (κ3) is 4.55.